The highest BCUT2D eigenvalue weighted by molar-refractivity contribution is 5.93. The maximum atomic E-state index is 12.2. The fourth-order valence-electron chi connectivity index (χ4n) is 2.96. The van der Waals surface area contributed by atoms with E-state index >= 15 is 0 Å². The topological polar surface area (TPSA) is 26.3 Å². The van der Waals surface area contributed by atoms with Crippen LogP contribution in [0.4, 0.5) is 0 Å². The summed E-state index contributed by atoms with van der Waals surface area (Å²) in [6.07, 6.45) is 12.7. The maximum Gasteiger partial charge on any atom is 0.159 e. The normalized spacial score (nSPS) is 18.3. The lowest BCUT2D eigenvalue weighted by Crippen LogP contribution is -2.16. The summed E-state index contributed by atoms with van der Waals surface area (Å²) < 4.78 is 5.44. The van der Waals surface area contributed by atoms with Gasteiger partial charge in [-0.1, -0.05) is 50.5 Å². The largest absolute Gasteiger partial charge is 0.494 e. The Hall–Kier alpha value is -1.83. The summed E-state index contributed by atoms with van der Waals surface area (Å²) in [4.78, 5) is 12.2. The number of ether oxygens (including phenoxy) is 1. The molecule has 23 heavy (non-hydrogen) atoms. The maximum absolute atomic E-state index is 12.2. The number of ketones is 1. The highest BCUT2D eigenvalue weighted by atomic mass is 16.5. The third-order valence-electron chi connectivity index (χ3n) is 4.35. The fourth-order valence-corrected chi connectivity index (χ4v) is 2.96. The molecule has 124 valence electrons. The van der Waals surface area contributed by atoms with Crippen LogP contribution in [0.5, 0.6) is 5.75 Å². The van der Waals surface area contributed by atoms with E-state index in [0.29, 0.717) is 12.4 Å². The second kappa shape index (κ2) is 9.34. The third kappa shape index (κ3) is 5.70. The van der Waals surface area contributed by atoms with E-state index in [0.717, 1.165) is 36.1 Å². The standard InChI is InChI=1S/C21H28O2/c1-3-5-6-7-19-13-10-18(16-21(19)22)9-8-17-11-14-20(15-12-17)23-4-2/h8-9,11-12,14-16,19H,3-7,10,13H2,1-2H3/b9-8+. The quantitative estimate of drug-likeness (QED) is 0.585. The lowest BCUT2D eigenvalue weighted by Gasteiger charge is -2.19. The molecular formula is C21H28O2. The number of unbranched alkanes of at least 4 members (excludes halogenated alkanes) is 2. The van der Waals surface area contributed by atoms with Crippen LogP contribution in [0.3, 0.4) is 0 Å². The molecule has 0 N–H and O–H groups in total. The lowest BCUT2D eigenvalue weighted by atomic mass is 9.85. The minimum absolute atomic E-state index is 0.254. The SMILES string of the molecule is CCCCCC1CCC(/C=C/c2ccc(OCC)cc2)=CC1=O. The first-order valence-electron chi connectivity index (χ1n) is 8.88. The predicted octanol–water partition coefficient (Wildman–Crippen LogP) is 5.58. The van der Waals surface area contributed by atoms with Gasteiger partial charge in [0, 0.05) is 5.92 Å². The molecule has 1 atom stereocenters. The number of carbonyl (C=O) groups is 1. The number of hydrogen-bond donors (Lipinski definition) is 0. The first-order valence-corrected chi connectivity index (χ1v) is 8.88. The molecule has 1 aromatic carbocycles. The van der Waals surface area contributed by atoms with Crippen LogP contribution in [0, 0.1) is 5.92 Å². The molecule has 2 nitrogen and oxygen atoms in total. The monoisotopic (exact) mass is 312 g/mol. The smallest absolute Gasteiger partial charge is 0.159 e. The van der Waals surface area contributed by atoms with E-state index < -0.39 is 0 Å². The molecule has 0 heterocycles. The second-order valence-electron chi connectivity index (χ2n) is 6.19. The van der Waals surface area contributed by atoms with Crippen molar-refractivity contribution >= 4 is 11.9 Å². The first kappa shape index (κ1) is 17.5. The highest BCUT2D eigenvalue weighted by Gasteiger charge is 2.20. The van der Waals surface area contributed by atoms with Crippen LogP contribution in [0.15, 0.2) is 42.0 Å². The number of rotatable bonds is 8. The molecule has 0 radical (unpaired) electrons. The summed E-state index contributed by atoms with van der Waals surface area (Å²) in [7, 11) is 0. The minimum Gasteiger partial charge on any atom is -0.494 e. The third-order valence-corrected chi connectivity index (χ3v) is 4.35. The molecule has 0 bridgehead atoms. The van der Waals surface area contributed by atoms with Crippen molar-refractivity contribution in [3.05, 3.63) is 47.6 Å². The first-order chi connectivity index (χ1) is 11.2. The molecule has 1 unspecified atom stereocenters. The zero-order chi connectivity index (χ0) is 16.5. The average Bonchev–Trinajstić information content (AvgIpc) is 2.56. The molecule has 0 saturated heterocycles. The van der Waals surface area contributed by atoms with Crippen LogP contribution in [-0.4, -0.2) is 12.4 Å². The molecule has 1 aliphatic rings. The van der Waals surface area contributed by atoms with E-state index in [1.165, 1.54) is 19.3 Å². The van der Waals surface area contributed by atoms with Gasteiger partial charge in [0.05, 0.1) is 6.61 Å². The van der Waals surface area contributed by atoms with Gasteiger partial charge in [0.2, 0.25) is 0 Å². The van der Waals surface area contributed by atoms with Crippen molar-refractivity contribution < 1.29 is 9.53 Å². The van der Waals surface area contributed by atoms with Crippen molar-refractivity contribution in [3.8, 4) is 5.75 Å². The van der Waals surface area contributed by atoms with Crippen LogP contribution >= 0.6 is 0 Å². The van der Waals surface area contributed by atoms with E-state index in [4.69, 9.17) is 4.74 Å². The van der Waals surface area contributed by atoms with Crippen molar-refractivity contribution in [1.82, 2.24) is 0 Å². The number of carbonyl (C=O) groups excluding carboxylic acids is 1. The van der Waals surface area contributed by atoms with Crippen molar-refractivity contribution in [1.29, 1.82) is 0 Å². The Morgan fingerprint density at radius 1 is 1.13 bits per heavy atom. The van der Waals surface area contributed by atoms with Gasteiger partial charge < -0.3 is 4.74 Å². The molecule has 2 heteroatoms. The molecule has 2 rings (SSSR count). The van der Waals surface area contributed by atoms with E-state index in [1.807, 2.05) is 37.3 Å². The number of allylic oxidation sites excluding steroid dienone is 3. The van der Waals surface area contributed by atoms with Crippen molar-refractivity contribution in [3.63, 3.8) is 0 Å². The molecule has 0 saturated carbocycles. The van der Waals surface area contributed by atoms with Crippen molar-refractivity contribution in [2.75, 3.05) is 6.61 Å². The minimum atomic E-state index is 0.254. The van der Waals surface area contributed by atoms with Gasteiger partial charge in [-0.2, -0.15) is 0 Å². The summed E-state index contributed by atoms with van der Waals surface area (Å²) >= 11 is 0. The summed E-state index contributed by atoms with van der Waals surface area (Å²) in [5, 5.41) is 0. The Morgan fingerprint density at radius 2 is 1.91 bits per heavy atom. The highest BCUT2D eigenvalue weighted by Crippen LogP contribution is 2.26. The molecule has 0 spiro atoms. The van der Waals surface area contributed by atoms with E-state index in [2.05, 4.69) is 19.1 Å². The van der Waals surface area contributed by atoms with Crippen LogP contribution in [0.25, 0.3) is 6.08 Å². The van der Waals surface area contributed by atoms with Gasteiger partial charge in [0.1, 0.15) is 5.75 Å². The zero-order valence-corrected chi connectivity index (χ0v) is 14.4. The van der Waals surface area contributed by atoms with Crippen LogP contribution in [-0.2, 0) is 4.79 Å². The Balaban J connectivity index is 1.90. The molecule has 1 aromatic rings. The fraction of sp³-hybridized carbons (Fsp3) is 0.476. The van der Waals surface area contributed by atoms with Crippen LogP contribution < -0.4 is 4.74 Å². The Labute approximate surface area is 140 Å². The Morgan fingerprint density at radius 3 is 2.57 bits per heavy atom. The van der Waals surface area contributed by atoms with Gasteiger partial charge in [0.15, 0.2) is 5.78 Å². The van der Waals surface area contributed by atoms with Gasteiger partial charge in [-0.25, -0.2) is 0 Å². The number of benzene rings is 1. The molecule has 0 aromatic heterocycles. The number of hydrogen-bond acceptors (Lipinski definition) is 2. The van der Waals surface area contributed by atoms with E-state index in [-0.39, 0.29) is 5.92 Å². The van der Waals surface area contributed by atoms with Gasteiger partial charge in [0.25, 0.3) is 0 Å². The molecule has 0 fully saturated rings. The molecule has 1 aliphatic carbocycles. The second-order valence-corrected chi connectivity index (χ2v) is 6.19. The van der Waals surface area contributed by atoms with Gasteiger partial charge in [-0.3, -0.25) is 4.79 Å². The van der Waals surface area contributed by atoms with E-state index in [9.17, 15) is 4.79 Å². The van der Waals surface area contributed by atoms with Gasteiger partial charge >= 0.3 is 0 Å². The summed E-state index contributed by atoms with van der Waals surface area (Å²) in [5.41, 5.74) is 2.28. The van der Waals surface area contributed by atoms with Gasteiger partial charge in [-0.15, -0.1) is 0 Å². The summed E-state index contributed by atoms with van der Waals surface area (Å²) in [6, 6.07) is 8.04. The molecular weight excluding hydrogens is 284 g/mol. The van der Waals surface area contributed by atoms with E-state index in [1.54, 1.807) is 0 Å². The Bertz CT molecular complexity index is 552. The summed E-state index contributed by atoms with van der Waals surface area (Å²) in [6.45, 7) is 4.87. The lowest BCUT2D eigenvalue weighted by molar-refractivity contribution is -0.119. The van der Waals surface area contributed by atoms with Crippen LogP contribution in [0.2, 0.25) is 0 Å². The van der Waals surface area contributed by atoms with Crippen LogP contribution in [0.1, 0.15) is 57.9 Å². The zero-order valence-electron chi connectivity index (χ0n) is 14.4. The molecule has 0 amide bonds. The molecule has 0 aliphatic heterocycles. The Kier molecular flexibility index (Phi) is 7.12. The van der Waals surface area contributed by atoms with Gasteiger partial charge in [-0.05, 0) is 55.5 Å². The summed E-state index contributed by atoms with van der Waals surface area (Å²) in [5.74, 6) is 1.47. The predicted molar refractivity (Wildman–Crippen MR) is 96.6 cm³/mol. The average molecular weight is 312 g/mol. The van der Waals surface area contributed by atoms with Crippen molar-refractivity contribution in [2.24, 2.45) is 5.92 Å². The van der Waals surface area contributed by atoms with Crippen molar-refractivity contribution in [2.45, 2.75) is 52.4 Å².